The number of nitrogens with zero attached hydrogens (tertiary/aromatic N) is 1. The number of carbonyl (C=O) groups is 1. The summed E-state index contributed by atoms with van der Waals surface area (Å²) in [5.74, 6) is 0. The van der Waals surface area contributed by atoms with E-state index in [0.717, 1.165) is 6.42 Å². The minimum absolute atomic E-state index is 0.0231. The molecule has 0 aromatic heterocycles. The monoisotopic (exact) mass is 263 g/mol. The molecule has 0 unspecified atom stereocenters. The van der Waals surface area contributed by atoms with Gasteiger partial charge in [0.1, 0.15) is 5.60 Å². The average Bonchev–Trinajstić information content (AvgIpc) is 2.25. The molecule has 1 amide bonds. The summed E-state index contributed by atoms with van der Waals surface area (Å²) < 4.78 is 10.2. The number of hydrogen-bond donors (Lipinski definition) is 1. The smallest absolute Gasteiger partial charge is 0.434 e. The van der Waals surface area contributed by atoms with Gasteiger partial charge in [-0.1, -0.05) is 6.92 Å². The van der Waals surface area contributed by atoms with Crippen molar-refractivity contribution in [3.05, 3.63) is 0 Å². The van der Waals surface area contributed by atoms with Gasteiger partial charge >= 0.3 is 6.09 Å². The van der Waals surface area contributed by atoms with Crippen LogP contribution in [0.4, 0.5) is 4.79 Å². The van der Waals surface area contributed by atoms with E-state index in [9.17, 15) is 4.79 Å². The van der Waals surface area contributed by atoms with Gasteiger partial charge in [0.25, 0.3) is 0 Å². The Morgan fingerprint density at radius 2 is 1.89 bits per heavy atom. The van der Waals surface area contributed by atoms with Gasteiger partial charge in [-0.3, -0.25) is 4.84 Å². The van der Waals surface area contributed by atoms with Gasteiger partial charge in [-0.25, -0.2) is 4.79 Å². The molecule has 0 aromatic rings. The zero-order valence-electron chi connectivity index (χ0n) is 11.8. The number of hydroxylamine groups is 2. The van der Waals surface area contributed by atoms with Crippen LogP contribution in [-0.4, -0.2) is 54.8 Å². The van der Waals surface area contributed by atoms with Crippen LogP contribution >= 0.6 is 0 Å². The van der Waals surface area contributed by atoms with Gasteiger partial charge in [0.15, 0.2) is 0 Å². The van der Waals surface area contributed by atoms with Crippen LogP contribution in [0, 0.1) is 0 Å². The summed E-state index contributed by atoms with van der Waals surface area (Å²) in [6, 6.07) is 0. The molecule has 0 bridgehead atoms. The van der Waals surface area contributed by atoms with Crippen LogP contribution in [0.1, 0.15) is 34.1 Å². The van der Waals surface area contributed by atoms with Gasteiger partial charge in [0.2, 0.25) is 0 Å². The molecule has 108 valence electrons. The molecule has 0 aromatic carbocycles. The Morgan fingerprint density at radius 1 is 1.22 bits per heavy atom. The average molecular weight is 263 g/mol. The molecule has 0 aliphatic heterocycles. The molecule has 1 N–H and O–H groups in total. The molecule has 6 heteroatoms. The maximum Gasteiger partial charge on any atom is 0.434 e. The number of aliphatic hydroxyl groups excluding tert-OH is 1. The van der Waals surface area contributed by atoms with Gasteiger partial charge in [0.05, 0.1) is 33.0 Å². The number of aliphatic hydroxyl groups is 1. The fraction of sp³-hybridized carbons (Fsp3) is 0.917. The van der Waals surface area contributed by atoms with Crippen molar-refractivity contribution in [2.24, 2.45) is 0 Å². The first-order valence-corrected chi connectivity index (χ1v) is 6.22. The third-order valence-electron chi connectivity index (χ3n) is 1.73. The molecule has 18 heavy (non-hydrogen) atoms. The number of amides is 1. The van der Waals surface area contributed by atoms with Crippen molar-refractivity contribution < 1.29 is 24.2 Å². The third kappa shape index (κ3) is 9.21. The zero-order chi connectivity index (χ0) is 14.0. The Morgan fingerprint density at radius 3 is 2.39 bits per heavy atom. The van der Waals surface area contributed by atoms with Gasteiger partial charge in [-0.2, -0.15) is 5.06 Å². The Kier molecular flexibility index (Phi) is 8.70. The maximum absolute atomic E-state index is 11.8. The Hall–Kier alpha value is -0.850. The van der Waals surface area contributed by atoms with E-state index in [1.807, 2.05) is 6.92 Å². The van der Waals surface area contributed by atoms with E-state index in [2.05, 4.69) is 0 Å². The summed E-state index contributed by atoms with van der Waals surface area (Å²) in [4.78, 5) is 17.1. The molecule has 0 radical (unpaired) electrons. The number of rotatable bonds is 8. The predicted octanol–water partition coefficient (Wildman–Crippen LogP) is 1.57. The van der Waals surface area contributed by atoms with Crippen molar-refractivity contribution in [2.45, 2.75) is 39.7 Å². The Labute approximate surface area is 109 Å². The minimum atomic E-state index is -0.542. The highest BCUT2D eigenvalue weighted by Gasteiger charge is 2.22. The zero-order valence-corrected chi connectivity index (χ0v) is 11.8. The van der Waals surface area contributed by atoms with E-state index < -0.39 is 11.7 Å². The molecule has 0 aliphatic rings. The molecular weight excluding hydrogens is 238 g/mol. The van der Waals surface area contributed by atoms with Crippen LogP contribution in [0.15, 0.2) is 0 Å². The summed E-state index contributed by atoms with van der Waals surface area (Å²) in [6.45, 7) is 8.65. The summed E-state index contributed by atoms with van der Waals surface area (Å²) in [5, 5.41) is 9.73. The topological polar surface area (TPSA) is 68.2 Å². The first-order valence-electron chi connectivity index (χ1n) is 6.22. The van der Waals surface area contributed by atoms with Crippen LogP contribution in [0.3, 0.4) is 0 Å². The van der Waals surface area contributed by atoms with Crippen molar-refractivity contribution in [1.82, 2.24) is 5.06 Å². The van der Waals surface area contributed by atoms with E-state index in [1.54, 1.807) is 20.8 Å². The van der Waals surface area contributed by atoms with Crippen molar-refractivity contribution in [3.63, 3.8) is 0 Å². The highest BCUT2D eigenvalue weighted by atomic mass is 16.7. The fourth-order valence-electron chi connectivity index (χ4n) is 1.10. The van der Waals surface area contributed by atoms with Crippen molar-refractivity contribution >= 4 is 6.09 Å². The first-order chi connectivity index (χ1) is 8.40. The van der Waals surface area contributed by atoms with Crippen molar-refractivity contribution in [2.75, 3.05) is 33.0 Å². The molecule has 0 saturated carbocycles. The molecule has 0 rings (SSSR count). The lowest BCUT2D eigenvalue weighted by atomic mass is 10.2. The number of ether oxygens (including phenoxy) is 2. The van der Waals surface area contributed by atoms with E-state index in [-0.39, 0.29) is 19.8 Å². The van der Waals surface area contributed by atoms with Gasteiger partial charge in [0, 0.05) is 0 Å². The quantitative estimate of drug-likeness (QED) is 0.532. The normalized spacial score (nSPS) is 11.4. The number of hydrogen-bond acceptors (Lipinski definition) is 5. The van der Waals surface area contributed by atoms with Crippen molar-refractivity contribution in [3.8, 4) is 0 Å². The number of carbonyl (C=O) groups excluding carboxylic acids is 1. The van der Waals surface area contributed by atoms with Crippen LogP contribution in [0.5, 0.6) is 0 Å². The minimum Gasteiger partial charge on any atom is -0.442 e. The Bertz CT molecular complexity index is 227. The summed E-state index contributed by atoms with van der Waals surface area (Å²) in [5.41, 5.74) is -0.542. The summed E-state index contributed by atoms with van der Waals surface area (Å²) in [6.07, 6.45) is 0.281. The van der Waals surface area contributed by atoms with Crippen molar-refractivity contribution in [1.29, 1.82) is 0 Å². The molecule has 0 saturated heterocycles. The van der Waals surface area contributed by atoms with Crippen LogP contribution in [-0.2, 0) is 14.3 Å². The van der Waals surface area contributed by atoms with Gasteiger partial charge in [-0.15, -0.1) is 0 Å². The van der Waals surface area contributed by atoms with Crippen LogP contribution in [0.2, 0.25) is 0 Å². The SMILES string of the molecule is CCCN(OCCOCCO)C(=O)OC(C)(C)C. The lowest BCUT2D eigenvalue weighted by Gasteiger charge is -2.26. The second-order valence-corrected chi connectivity index (χ2v) is 4.75. The molecule has 0 aliphatic carbocycles. The fourth-order valence-corrected chi connectivity index (χ4v) is 1.10. The first kappa shape index (κ1) is 17.2. The van der Waals surface area contributed by atoms with E-state index >= 15 is 0 Å². The maximum atomic E-state index is 11.8. The molecular formula is C12H25NO5. The lowest BCUT2D eigenvalue weighted by molar-refractivity contribution is -0.157. The second-order valence-electron chi connectivity index (χ2n) is 4.75. The highest BCUT2D eigenvalue weighted by molar-refractivity contribution is 5.66. The van der Waals surface area contributed by atoms with Gasteiger partial charge < -0.3 is 14.6 Å². The molecule has 0 spiro atoms. The van der Waals surface area contributed by atoms with E-state index in [4.69, 9.17) is 19.4 Å². The highest BCUT2D eigenvalue weighted by Crippen LogP contribution is 2.10. The molecule has 0 atom stereocenters. The third-order valence-corrected chi connectivity index (χ3v) is 1.73. The Balaban J connectivity index is 4.01. The molecule has 0 fully saturated rings. The lowest BCUT2D eigenvalue weighted by Crippen LogP contribution is -2.38. The van der Waals surface area contributed by atoms with Crippen LogP contribution in [0.25, 0.3) is 0 Å². The predicted molar refractivity (Wildman–Crippen MR) is 67.1 cm³/mol. The molecule has 0 heterocycles. The summed E-state index contributed by atoms with van der Waals surface area (Å²) >= 11 is 0. The molecule has 6 nitrogen and oxygen atoms in total. The standard InChI is InChI=1S/C12H25NO5/c1-5-6-13(11(15)18-12(2,3)4)17-10-9-16-8-7-14/h14H,5-10H2,1-4H3. The summed E-state index contributed by atoms with van der Waals surface area (Å²) in [7, 11) is 0. The van der Waals surface area contributed by atoms with E-state index in [0.29, 0.717) is 13.2 Å². The van der Waals surface area contributed by atoms with E-state index in [1.165, 1.54) is 5.06 Å². The van der Waals surface area contributed by atoms with Crippen LogP contribution < -0.4 is 0 Å². The van der Waals surface area contributed by atoms with Gasteiger partial charge in [-0.05, 0) is 27.2 Å². The largest absolute Gasteiger partial charge is 0.442 e. The second kappa shape index (κ2) is 9.13.